The largest absolute Gasteiger partial charge is 1.00 e. The normalized spacial score (nSPS) is 28.3. The number of ether oxygens (including phenoxy) is 1. The molecular formula is C13H22ClNO4. The molecule has 0 aromatic rings. The lowest BCUT2D eigenvalue weighted by Crippen LogP contribution is -3.00. The van der Waals surface area contributed by atoms with Crippen LogP contribution in [0.1, 0.15) is 31.6 Å². The van der Waals surface area contributed by atoms with Crippen LogP contribution in [-0.4, -0.2) is 55.1 Å². The zero-order chi connectivity index (χ0) is 21.4. The molecule has 1 saturated carbocycles. The molecule has 1 aliphatic rings. The summed E-state index contributed by atoms with van der Waals surface area (Å²) in [5, 5.41) is 9.00. The summed E-state index contributed by atoms with van der Waals surface area (Å²) in [5.74, 6) is -2.50. The van der Waals surface area contributed by atoms with Crippen LogP contribution in [0.4, 0.5) is 0 Å². The van der Waals surface area contributed by atoms with E-state index in [0.29, 0.717) is 6.42 Å². The summed E-state index contributed by atoms with van der Waals surface area (Å²) in [4.78, 5) is 23.1. The summed E-state index contributed by atoms with van der Waals surface area (Å²) in [6.45, 7) is -8.23. The van der Waals surface area contributed by atoms with Crippen molar-refractivity contribution in [1.29, 1.82) is 0 Å². The number of carbonyl (C=O) groups excluding carboxylic acids is 1. The Morgan fingerprint density at radius 2 is 2.16 bits per heavy atom. The number of rotatable bonds is 7. The minimum atomic E-state index is -3.55. The highest BCUT2D eigenvalue weighted by molar-refractivity contribution is 5.72. The number of carbonyl (C=O) groups is 2. The molecule has 0 heterocycles. The number of aliphatic carboxylic acids is 1. The predicted molar refractivity (Wildman–Crippen MR) is 66.9 cm³/mol. The van der Waals surface area contributed by atoms with E-state index in [2.05, 4.69) is 6.58 Å². The standard InChI is InChI=1S/C13H21NO4.ClH/c1-9-5-10(9)6-13(17)18-11(7-12(15)16)8-14(2,3)4;/h10-11H,1,5-8H2,2-4H3;1H/t10?,11-;/m1./s1/i2D3,3D3,4D3;. The lowest BCUT2D eigenvalue weighted by molar-refractivity contribution is -0.873. The summed E-state index contributed by atoms with van der Waals surface area (Å²) in [6.07, 6.45) is -2.20. The molecule has 1 N–H and O–H groups in total. The Morgan fingerprint density at radius 1 is 1.58 bits per heavy atom. The number of hydrogen-bond donors (Lipinski definition) is 1. The van der Waals surface area contributed by atoms with Crippen LogP contribution in [0.15, 0.2) is 12.2 Å². The minimum Gasteiger partial charge on any atom is -1.00 e. The first-order chi connectivity index (χ1) is 11.9. The maximum atomic E-state index is 12.0. The molecule has 0 aromatic heterocycles. The third kappa shape index (κ3) is 7.85. The van der Waals surface area contributed by atoms with Crippen molar-refractivity contribution in [2.45, 2.75) is 25.4 Å². The first kappa shape index (κ1) is 7.64. The molecule has 0 saturated heterocycles. The third-order valence-corrected chi connectivity index (χ3v) is 2.52. The Bertz CT molecular complexity index is 579. The van der Waals surface area contributed by atoms with Crippen LogP contribution < -0.4 is 12.4 Å². The Hall–Kier alpha value is -1.07. The summed E-state index contributed by atoms with van der Waals surface area (Å²) in [6, 6.07) is 0. The average molecular weight is 301 g/mol. The fourth-order valence-electron chi connectivity index (χ4n) is 1.55. The zero-order valence-corrected chi connectivity index (χ0v) is 10.9. The van der Waals surface area contributed by atoms with Gasteiger partial charge in [-0.15, -0.1) is 0 Å². The van der Waals surface area contributed by atoms with Crippen LogP contribution in [0.2, 0.25) is 0 Å². The molecule has 0 radical (unpaired) electrons. The fourth-order valence-corrected chi connectivity index (χ4v) is 1.55. The Balaban J connectivity index is 0.00000729. The van der Waals surface area contributed by atoms with Gasteiger partial charge in [-0.1, -0.05) is 12.2 Å². The minimum absolute atomic E-state index is 0. The van der Waals surface area contributed by atoms with Gasteiger partial charge in [0, 0.05) is 0 Å². The van der Waals surface area contributed by atoms with Gasteiger partial charge < -0.3 is 26.7 Å². The second kappa shape index (κ2) is 6.91. The van der Waals surface area contributed by atoms with Crippen LogP contribution in [0, 0.1) is 5.92 Å². The van der Waals surface area contributed by atoms with Crippen molar-refractivity contribution >= 4 is 11.9 Å². The second-order valence-corrected chi connectivity index (χ2v) is 4.47. The van der Waals surface area contributed by atoms with Crippen molar-refractivity contribution in [2.24, 2.45) is 5.92 Å². The molecule has 0 aromatic carbocycles. The van der Waals surface area contributed by atoms with E-state index in [1.807, 2.05) is 0 Å². The van der Waals surface area contributed by atoms with Gasteiger partial charge in [-0.05, 0) is 12.3 Å². The van der Waals surface area contributed by atoms with Gasteiger partial charge in [0.2, 0.25) is 0 Å². The molecule has 110 valence electrons. The molecular weight excluding hydrogens is 270 g/mol. The van der Waals surface area contributed by atoms with Gasteiger partial charge in [-0.3, -0.25) is 9.59 Å². The van der Waals surface area contributed by atoms with Crippen molar-refractivity contribution in [3.8, 4) is 0 Å². The number of carboxylic acids is 1. The van der Waals surface area contributed by atoms with Gasteiger partial charge >= 0.3 is 11.9 Å². The Kier molecular flexibility index (Phi) is 2.78. The number of allylic oxidation sites excluding steroid dienone is 1. The zero-order valence-electron chi connectivity index (χ0n) is 19.2. The lowest BCUT2D eigenvalue weighted by atomic mass is 10.2. The highest BCUT2D eigenvalue weighted by atomic mass is 35.5. The topological polar surface area (TPSA) is 63.6 Å². The SMILES string of the molecule is [2H]C([2H])([2H])[N+](C[C@@H](CC(=O)O)OC(=O)CC1CC1=C)(C([2H])([2H])[2H])C([2H])([2H])[2H].[Cl-]. The lowest BCUT2D eigenvalue weighted by Gasteiger charge is -2.28. The van der Waals surface area contributed by atoms with E-state index < -0.39 is 56.4 Å². The van der Waals surface area contributed by atoms with E-state index in [4.69, 9.17) is 22.2 Å². The highest BCUT2D eigenvalue weighted by Crippen LogP contribution is 2.38. The molecule has 1 rings (SSSR count). The molecule has 1 aliphatic carbocycles. The number of esters is 1. The van der Waals surface area contributed by atoms with Crippen LogP contribution in [0.25, 0.3) is 0 Å². The molecule has 2 atom stereocenters. The van der Waals surface area contributed by atoms with Gasteiger partial charge in [0.25, 0.3) is 0 Å². The van der Waals surface area contributed by atoms with E-state index in [0.717, 1.165) is 5.57 Å². The van der Waals surface area contributed by atoms with Crippen molar-refractivity contribution in [3.05, 3.63) is 12.2 Å². The molecule has 0 spiro atoms. The summed E-state index contributed by atoms with van der Waals surface area (Å²) in [5.41, 5.74) is 0.805. The van der Waals surface area contributed by atoms with Crippen molar-refractivity contribution in [1.82, 2.24) is 0 Å². The van der Waals surface area contributed by atoms with E-state index in [-0.39, 0.29) is 24.7 Å². The maximum Gasteiger partial charge on any atom is 0.307 e. The van der Waals surface area contributed by atoms with Crippen molar-refractivity contribution < 1.29 is 48.7 Å². The van der Waals surface area contributed by atoms with Gasteiger partial charge in [-0.2, -0.15) is 0 Å². The second-order valence-electron chi connectivity index (χ2n) is 4.47. The monoisotopic (exact) mass is 300 g/mol. The van der Waals surface area contributed by atoms with Crippen LogP contribution in [-0.2, 0) is 14.3 Å². The number of hydrogen-bond acceptors (Lipinski definition) is 3. The van der Waals surface area contributed by atoms with E-state index >= 15 is 0 Å². The Labute approximate surface area is 132 Å². The molecule has 19 heavy (non-hydrogen) atoms. The predicted octanol–water partition coefficient (Wildman–Crippen LogP) is -1.95. The number of halogens is 1. The molecule has 1 unspecified atom stereocenters. The van der Waals surface area contributed by atoms with Crippen LogP contribution in [0.3, 0.4) is 0 Å². The fraction of sp³-hybridized carbons (Fsp3) is 0.692. The third-order valence-electron chi connectivity index (χ3n) is 2.52. The number of quaternary nitrogens is 1. The number of carboxylic acid groups (broad SMARTS) is 1. The molecule has 5 nitrogen and oxygen atoms in total. The quantitative estimate of drug-likeness (QED) is 0.337. The molecule has 0 amide bonds. The van der Waals surface area contributed by atoms with Crippen molar-refractivity contribution in [2.75, 3.05) is 27.5 Å². The smallest absolute Gasteiger partial charge is 0.307 e. The maximum absolute atomic E-state index is 12.0. The highest BCUT2D eigenvalue weighted by Gasteiger charge is 2.32. The molecule has 0 aliphatic heterocycles. The first-order valence-electron chi connectivity index (χ1n) is 9.89. The van der Waals surface area contributed by atoms with E-state index in [1.165, 1.54) is 0 Å². The van der Waals surface area contributed by atoms with Crippen LogP contribution in [0.5, 0.6) is 0 Å². The van der Waals surface area contributed by atoms with Gasteiger partial charge in [0.05, 0.1) is 46.1 Å². The van der Waals surface area contributed by atoms with Crippen molar-refractivity contribution in [3.63, 3.8) is 0 Å². The van der Waals surface area contributed by atoms with Gasteiger partial charge in [0.15, 0.2) is 6.10 Å². The van der Waals surface area contributed by atoms with Crippen LogP contribution >= 0.6 is 0 Å². The summed E-state index contributed by atoms with van der Waals surface area (Å²) in [7, 11) is 0. The summed E-state index contributed by atoms with van der Waals surface area (Å²) < 4.78 is 70.5. The molecule has 1 fully saturated rings. The summed E-state index contributed by atoms with van der Waals surface area (Å²) >= 11 is 0. The number of likely N-dealkylation sites (N-methyl/N-ethyl adjacent to an activating group) is 1. The Morgan fingerprint density at radius 3 is 2.58 bits per heavy atom. The average Bonchev–Trinajstić information content (AvgIpc) is 3.05. The number of nitrogens with zero attached hydrogens (tertiary/aromatic N) is 1. The van der Waals surface area contributed by atoms with E-state index in [1.54, 1.807) is 0 Å². The van der Waals surface area contributed by atoms with Gasteiger partial charge in [-0.25, -0.2) is 0 Å². The molecule has 6 heteroatoms. The van der Waals surface area contributed by atoms with Gasteiger partial charge in [0.1, 0.15) is 6.54 Å². The van der Waals surface area contributed by atoms with E-state index in [9.17, 15) is 9.59 Å². The molecule has 0 bridgehead atoms. The first-order valence-corrected chi connectivity index (χ1v) is 5.39.